The third-order valence-corrected chi connectivity index (χ3v) is 7.85. The Morgan fingerprint density at radius 1 is 0.970 bits per heavy atom. The van der Waals surface area contributed by atoms with Crippen molar-refractivity contribution in [2.45, 2.75) is 17.9 Å². The fourth-order valence-corrected chi connectivity index (χ4v) is 5.44. The molecule has 2 aliphatic heterocycles. The first-order chi connectivity index (χ1) is 15.9. The maximum atomic E-state index is 12.8. The number of hydrogen-bond donors (Lipinski definition) is 0. The maximum absolute atomic E-state index is 12.8. The van der Waals surface area contributed by atoms with Crippen LogP contribution in [0.1, 0.15) is 16.7 Å². The molecular formula is C24H28N2O6S. The zero-order valence-corrected chi connectivity index (χ0v) is 19.6. The summed E-state index contributed by atoms with van der Waals surface area (Å²) in [5.74, 6) is 1.24. The summed E-state index contributed by atoms with van der Waals surface area (Å²) >= 11 is 0. The normalized spacial score (nSPS) is 17.1. The van der Waals surface area contributed by atoms with E-state index in [2.05, 4.69) is 0 Å². The molecule has 9 heteroatoms. The van der Waals surface area contributed by atoms with E-state index in [1.807, 2.05) is 12.1 Å². The Bertz CT molecular complexity index is 1140. The number of fused-ring (bicyclic) bond motifs is 1. The molecule has 0 radical (unpaired) electrons. The minimum atomic E-state index is -3.53. The molecule has 176 valence electrons. The number of carbonyl (C=O) groups excluding carboxylic acids is 1. The Balaban J connectivity index is 1.42. The number of benzene rings is 2. The smallest absolute Gasteiger partial charge is 0.246 e. The van der Waals surface area contributed by atoms with Crippen molar-refractivity contribution in [3.8, 4) is 11.5 Å². The van der Waals surface area contributed by atoms with E-state index < -0.39 is 10.0 Å². The van der Waals surface area contributed by atoms with Gasteiger partial charge in [0.25, 0.3) is 0 Å². The predicted octanol–water partition coefficient (Wildman–Crippen LogP) is 2.32. The average molecular weight is 473 g/mol. The van der Waals surface area contributed by atoms with Crippen molar-refractivity contribution in [2.24, 2.45) is 0 Å². The van der Waals surface area contributed by atoms with Crippen molar-refractivity contribution in [2.75, 3.05) is 47.1 Å². The van der Waals surface area contributed by atoms with E-state index in [1.165, 1.54) is 10.4 Å². The summed E-state index contributed by atoms with van der Waals surface area (Å²) in [4.78, 5) is 14.8. The molecule has 0 aliphatic carbocycles. The van der Waals surface area contributed by atoms with Crippen LogP contribution >= 0.6 is 0 Å². The predicted molar refractivity (Wildman–Crippen MR) is 124 cm³/mol. The van der Waals surface area contributed by atoms with Crippen LogP contribution in [0.3, 0.4) is 0 Å². The number of carbonyl (C=O) groups is 1. The highest BCUT2D eigenvalue weighted by Crippen LogP contribution is 2.33. The Morgan fingerprint density at radius 2 is 1.61 bits per heavy atom. The summed E-state index contributed by atoms with van der Waals surface area (Å²) in [6.45, 7) is 2.64. The molecule has 0 unspecified atom stereocenters. The molecular weight excluding hydrogens is 444 g/mol. The Morgan fingerprint density at radius 3 is 2.24 bits per heavy atom. The fourth-order valence-electron chi connectivity index (χ4n) is 4.03. The second-order valence-electron chi connectivity index (χ2n) is 7.90. The molecule has 2 heterocycles. The summed E-state index contributed by atoms with van der Waals surface area (Å²) in [5.41, 5.74) is 2.95. The van der Waals surface area contributed by atoms with Crippen LogP contribution in [0, 0.1) is 0 Å². The molecule has 8 nitrogen and oxygen atoms in total. The Labute approximate surface area is 194 Å². The van der Waals surface area contributed by atoms with Crippen LogP contribution in [0.5, 0.6) is 11.5 Å². The number of morpholine rings is 1. The van der Waals surface area contributed by atoms with Crippen molar-refractivity contribution >= 4 is 22.0 Å². The van der Waals surface area contributed by atoms with Crippen molar-refractivity contribution in [1.29, 1.82) is 0 Å². The standard InChI is InChI=1S/C24H28N2O6S/c1-30-22-15-19-9-10-25(17-20(19)16-23(22)31-2)24(27)8-5-18-3-6-21(7-4-18)33(28,29)26-11-13-32-14-12-26/h3-8,15-16H,9-14,17H2,1-2H3. The van der Waals surface area contributed by atoms with Crippen LogP contribution in [-0.4, -0.2) is 70.6 Å². The molecule has 0 saturated carbocycles. The summed E-state index contributed by atoms with van der Waals surface area (Å²) < 4.78 is 42.9. The minimum absolute atomic E-state index is 0.0968. The molecule has 1 saturated heterocycles. The number of rotatable bonds is 6. The maximum Gasteiger partial charge on any atom is 0.246 e. The molecule has 0 bridgehead atoms. The molecule has 0 N–H and O–H groups in total. The van der Waals surface area contributed by atoms with Crippen molar-refractivity contribution in [1.82, 2.24) is 9.21 Å². The molecule has 1 fully saturated rings. The van der Waals surface area contributed by atoms with Gasteiger partial charge in [-0.2, -0.15) is 4.31 Å². The third-order valence-electron chi connectivity index (χ3n) is 5.94. The lowest BCUT2D eigenvalue weighted by atomic mass is 9.98. The second-order valence-corrected chi connectivity index (χ2v) is 9.84. The molecule has 4 rings (SSSR count). The first-order valence-electron chi connectivity index (χ1n) is 10.8. The summed E-state index contributed by atoms with van der Waals surface area (Å²) in [6.07, 6.45) is 3.97. The van der Waals surface area contributed by atoms with Crippen LogP contribution in [0.4, 0.5) is 0 Å². The number of methoxy groups -OCH3 is 2. The van der Waals surface area contributed by atoms with Gasteiger partial charge in [0.05, 0.1) is 32.3 Å². The van der Waals surface area contributed by atoms with E-state index in [4.69, 9.17) is 14.2 Å². The highest BCUT2D eigenvalue weighted by Gasteiger charge is 2.26. The third kappa shape index (κ3) is 5.05. The van der Waals surface area contributed by atoms with Gasteiger partial charge >= 0.3 is 0 Å². The lowest BCUT2D eigenvalue weighted by Crippen LogP contribution is -2.40. The minimum Gasteiger partial charge on any atom is -0.493 e. The quantitative estimate of drug-likeness (QED) is 0.600. The van der Waals surface area contributed by atoms with E-state index in [0.717, 1.165) is 23.1 Å². The van der Waals surface area contributed by atoms with Gasteiger partial charge in [0.15, 0.2) is 11.5 Å². The molecule has 2 aromatic carbocycles. The van der Waals surface area contributed by atoms with Crippen molar-refractivity contribution < 1.29 is 27.4 Å². The Hall–Kier alpha value is -2.88. The van der Waals surface area contributed by atoms with Gasteiger partial charge in [-0.25, -0.2) is 8.42 Å². The van der Waals surface area contributed by atoms with Crippen molar-refractivity contribution in [3.05, 3.63) is 59.2 Å². The molecule has 33 heavy (non-hydrogen) atoms. The first kappa shape index (κ1) is 23.3. The number of ether oxygens (including phenoxy) is 3. The number of hydrogen-bond acceptors (Lipinski definition) is 6. The lowest BCUT2D eigenvalue weighted by molar-refractivity contribution is -0.126. The van der Waals surface area contributed by atoms with Crippen molar-refractivity contribution in [3.63, 3.8) is 0 Å². The van der Waals surface area contributed by atoms with Gasteiger partial charge in [-0.05, 0) is 53.5 Å². The van der Waals surface area contributed by atoms with Gasteiger partial charge in [-0.15, -0.1) is 0 Å². The first-order valence-corrected chi connectivity index (χ1v) is 12.2. The molecule has 2 aromatic rings. The van der Waals surface area contributed by atoms with Crippen LogP contribution < -0.4 is 9.47 Å². The highest BCUT2D eigenvalue weighted by atomic mass is 32.2. The van der Waals surface area contributed by atoms with Gasteiger partial charge in [0.1, 0.15) is 0 Å². The van der Waals surface area contributed by atoms with Crippen LogP contribution in [0.15, 0.2) is 47.4 Å². The summed E-state index contributed by atoms with van der Waals surface area (Å²) in [6, 6.07) is 10.5. The lowest BCUT2D eigenvalue weighted by Gasteiger charge is -2.28. The summed E-state index contributed by atoms with van der Waals surface area (Å²) in [5, 5.41) is 0. The SMILES string of the molecule is COc1cc2c(cc1OC)CN(C(=O)C=Cc1ccc(S(=O)(=O)N3CCOCC3)cc1)CC2. The molecule has 0 aromatic heterocycles. The van der Waals surface area contributed by atoms with Gasteiger partial charge < -0.3 is 19.1 Å². The number of amides is 1. The Kier molecular flexibility index (Phi) is 7.02. The van der Waals surface area contributed by atoms with E-state index in [-0.39, 0.29) is 10.8 Å². The van der Waals surface area contributed by atoms with E-state index >= 15 is 0 Å². The van der Waals surface area contributed by atoms with Crippen LogP contribution in [0.25, 0.3) is 6.08 Å². The molecule has 2 aliphatic rings. The van der Waals surface area contributed by atoms with E-state index in [9.17, 15) is 13.2 Å². The molecule has 0 spiro atoms. The summed E-state index contributed by atoms with van der Waals surface area (Å²) in [7, 11) is -0.329. The topological polar surface area (TPSA) is 85.4 Å². The average Bonchev–Trinajstić information content (AvgIpc) is 2.86. The van der Waals surface area contributed by atoms with Crippen LogP contribution in [-0.2, 0) is 32.5 Å². The zero-order valence-electron chi connectivity index (χ0n) is 18.8. The molecule has 1 amide bonds. The van der Waals surface area contributed by atoms with E-state index in [0.29, 0.717) is 50.9 Å². The largest absolute Gasteiger partial charge is 0.493 e. The van der Waals surface area contributed by atoms with Gasteiger partial charge in [0, 0.05) is 32.3 Å². The van der Waals surface area contributed by atoms with E-state index in [1.54, 1.807) is 49.5 Å². The fraction of sp³-hybridized carbons (Fsp3) is 0.375. The van der Waals surface area contributed by atoms with Crippen LogP contribution in [0.2, 0.25) is 0 Å². The highest BCUT2D eigenvalue weighted by molar-refractivity contribution is 7.89. The van der Waals surface area contributed by atoms with Gasteiger partial charge in [-0.1, -0.05) is 12.1 Å². The zero-order chi connectivity index (χ0) is 23.4. The van der Waals surface area contributed by atoms with Gasteiger partial charge in [-0.3, -0.25) is 4.79 Å². The molecule has 0 atom stereocenters. The van der Waals surface area contributed by atoms with Gasteiger partial charge in [0.2, 0.25) is 15.9 Å². The number of sulfonamides is 1. The monoisotopic (exact) mass is 472 g/mol. The second kappa shape index (κ2) is 9.94. The number of nitrogens with zero attached hydrogens (tertiary/aromatic N) is 2.